The highest BCUT2D eigenvalue weighted by Crippen LogP contribution is 2.01. The van der Waals surface area contributed by atoms with Crippen LogP contribution in [0.25, 0.3) is 0 Å². The number of carboxylic acids is 2. The molecular weight excluding hydrogens is 240 g/mol. The first-order valence-corrected chi connectivity index (χ1v) is 5.57. The third kappa shape index (κ3) is 8.14. The fourth-order valence-corrected chi connectivity index (χ4v) is 1.21. The molecule has 0 aliphatic heterocycles. The monoisotopic (exact) mass is 258 g/mol. The lowest BCUT2D eigenvalue weighted by Crippen LogP contribution is -2.46. The van der Waals surface area contributed by atoms with E-state index >= 15 is 0 Å². The van der Waals surface area contributed by atoms with Gasteiger partial charge in [0, 0.05) is 13.0 Å². The molecule has 0 aromatic carbocycles. The van der Waals surface area contributed by atoms with Gasteiger partial charge >= 0.3 is 18.0 Å². The summed E-state index contributed by atoms with van der Waals surface area (Å²) in [7, 11) is 0. The number of rotatable bonds is 9. The summed E-state index contributed by atoms with van der Waals surface area (Å²) in [6.07, 6.45) is 2.37. The smallest absolute Gasteiger partial charge is 0.326 e. The SMILES string of the molecule is C=CCCNC(=O)N[C@H](CCCC(=O)O)C(=O)O. The van der Waals surface area contributed by atoms with E-state index in [9.17, 15) is 14.4 Å². The van der Waals surface area contributed by atoms with Gasteiger partial charge in [-0.2, -0.15) is 0 Å². The number of urea groups is 1. The molecule has 0 aromatic heterocycles. The van der Waals surface area contributed by atoms with Gasteiger partial charge in [0.15, 0.2) is 0 Å². The molecular formula is C11H18N2O5. The topological polar surface area (TPSA) is 116 Å². The Hall–Kier alpha value is -2.05. The van der Waals surface area contributed by atoms with Gasteiger partial charge < -0.3 is 20.8 Å². The number of hydrogen-bond donors (Lipinski definition) is 4. The lowest BCUT2D eigenvalue weighted by Gasteiger charge is -2.14. The van der Waals surface area contributed by atoms with Gasteiger partial charge in [0.05, 0.1) is 0 Å². The van der Waals surface area contributed by atoms with Gasteiger partial charge in [-0.15, -0.1) is 6.58 Å². The molecule has 0 aromatic rings. The van der Waals surface area contributed by atoms with Crippen LogP contribution in [0.5, 0.6) is 0 Å². The normalized spacial score (nSPS) is 11.3. The largest absolute Gasteiger partial charge is 0.481 e. The minimum Gasteiger partial charge on any atom is -0.481 e. The van der Waals surface area contributed by atoms with Crippen LogP contribution in [0.4, 0.5) is 4.79 Å². The second kappa shape index (κ2) is 9.03. The average molecular weight is 258 g/mol. The van der Waals surface area contributed by atoms with Crippen molar-refractivity contribution in [2.75, 3.05) is 6.54 Å². The molecule has 2 amide bonds. The Labute approximate surface area is 105 Å². The van der Waals surface area contributed by atoms with Crippen LogP contribution in [0.2, 0.25) is 0 Å². The van der Waals surface area contributed by atoms with Crippen molar-refractivity contribution in [3.05, 3.63) is 12.7 Å². The third-order valence-electron chi connectivity index (χ3n) is 2.12. The van der Waals surface area contributed by atoms with Gasteiger partial charge in [0.1, 0.15) is 6.04 Å². The standard InChI is InChI=1S/C11H18N2O5/c1-2-3-7-12-11(18)13-8(10(16)17)5-4-6-9(14)15/h2,8H,1,3-7H2,(H,14,15)(H,16,17)(H2,12,13,18)/t8-/m1/s1. The molecule has 0 aliphatic rings. The van der Waals surface area contributed by atoms with E-state index in [1.165, 1.54) is 0 Å². The molecule has 102 valence electrons. The molecule has 18 heavy (non-hydrogen) atoms. The molecule has 0 aliphatic carbocycles. The van der Waals surface area contributed by atoms with Crippen LogP contribution in [0, 0.1) is 0 Å². The summed E-state index contributed by atoms with van der Waals surface area (Å²) in [5, 5.41) is 22.0. The van der Waals surface area contributed by atoms with Crippen molar-refractivity contribution in [2.45, 2.75) is 31.7 Å². The van der Waals surface area contributed by atoms with Crippen LogP contribution >= 0.6 is 0 Å². The first-order valence-electron chi connectivity index (χ1n) is 5.57. The van der Waals surface area contributed by atoms with Crippen molar-refractivity contribution < 1.29 is 24.6 Å². The Kier molecular flexibility index (Phi) is 8.00. The van der Waals surface area contributed by atoms with E-state index < -0.39 is 24.0 Å². The van der Waals surface area contributed by atoms with E-state index in [2.05, 4.69) is 17.2 Å². The quantitative estimate of drug-likeness (QED) is 0.356. The maximum Gasteiger partial charge on any atom is 0.326 e. The van der Waals surface area contributed by atoms with E-state index in [0.717, 1.165) is 0 Å². The molecule has 0 rings (SSSR count). The van der Waals surface area contributed by atoms with Gasteiger partial charge in [-0.05, 0) is 19.3 Å². The van der Waals surface area contributed by atoms with Crippen molar-refractivity contribution in [1.29, 1.82) is 0 Å². The van der Waals surface area contributed by atoms with Crippen LogP contribution in [0.1, 0.15) is 25.7 Å². The summed E-state index contributed by atoms with van der Waals surface area (Å²) in [4.78, 5) is 32.4. The lowest BCUT2D eigenvalue weighted by molar-refractivity contribution is -0.140. The van der Waals surface area contributed by atoms with Crippen LogP contribution in [0.3, 0.4) is 0 Å². The number of carbonyl (C=O) groups is 3. The fraction of sp³-hybridized carbons (Fsp3) is 0.545. The van der Waals surface area contributed by atoms with Crippen molar-refractivity contribution in [3.63, 3.8) is 0 Å². The molecule has 4 N–H and O–H groups in total. The number of hydrogen-bond acceptors (Lipinski definition) is 3. The number of amides is 2. The van der Waals surface area contributed by atoms with Crippen LogP contribution in [0.15, 0.2) is 12.7 Å². The van der Waals surface area contributed by atoms with Crippen LogP contribution in [-0.4, -0.2) is 40.8 Å². The molecule has 0 fully saturated rings. The summed E-state index contributed by atoms with van der Waals surface area (Å²) in [6, 6.07) is -1.66. The number of carbonyl (C=O) groups excluding carboxylic acids is 1. The van der Waals surface area contributed by atoms with E-state index in [1.807, 2.05) is 0 Å². The average Bonchev–Trinajstić information content (AvgIpc) is 2.27. The van der Waals surface area contributed by atoms with Crippen molar-refractivity contribution in [2.24, 2.45) is 0 Å². The van der Waals surface area contributed by atoms with Gasteiger partial charge in [0.25, 0.3) is 0 Å². The van der Waals surface area contributed by atoms with Crippen molar-refractivity contribution >= 4 is 18.0 Å². The number of aliphatic carboxylic acids is 2. The van der Waals surface area contributed by atoms with Gasteiger partial charge in [-0.25, -0.2) is 9.59 Å². The van der Waals surface area contributed by atoms with E-state index in [-0.39, 0.29) is 19.3 Å². The molecule has 0 bridgehead atoms. The van der Waals surface area contributed by atoms with Crippen molar-refractivity contribution in [3.8, 4) is 0 Å². The molecule has 0 heterocycles. The molecule has 0 saturated carbocycles. The summed E-state index contributed by atoms with van der Waals surface area (Å²) in [5.41, 5.74) is 0. The predicted octanol–water partition coefficient (Wildman–Crippen LogP) is 0.570. The molecule has 0 saturated heterocycles. The molecule has 0 radical (unpaired) electrons. The minimum atomic E-state index is -1.18. The molecule has 0 unspecified atom stereocenters. The van der Waals surface area contributed by atoms with Crippen LogP contribution < -0.4 is 10.6 Å². The highest BCUT2D eigenvalue weighted by Gasteiger charge is 2.19. The second-order valence-electron chi connectivity index (χ2n) is 3.65. The molecule has 7 nitrogen and oxygen atoms in total. The third-order valence-corrected chi connectivity index (χ3v) is 2.12. The van der Waals surface area contributed by atoms with Gasteiger partial charge in [0.2, 0.25) is 0 Å². The van der Waals surface area contributed by atoms with E-state index in [0.29, 0.717) is 13.0 Å². The van der Waals surface area contributed by atoms with Crippen LogP contribution in [-0.2, 0) is 9.59 Å². The molecule has 1 atom stereocenters. The van der Waals surface area contributed by atoms with Crippen molar-refractivity contribution in [1.82, 2.24) is 10.6 Å². The summed E-state index contributed by atoms with van der Waals surface area (Å²) in [5.74, 6) is -2.17. The zero-order valence-electron chi connectivity index (χ0n) is 10.0. The first kappa shape index (κ1) is 16.0. The first-order chi connectivity index (χ1) is 8.47. The maximum absolute atomic E-state index is 11.3. The molecule has 7 heteroatoms. The van der Waals surface area contributed by atoms with Gasteiger partial charge in [-0.3, -0.25) is 4.79 Å². The second-order valence-corrected chi connectivity index (χ2v) is 3.65. The van der Waals surface area contributed by atoms with E-state index in [1.54, 1.807) is 6.08 Å². The summed E-state index contributed by atoms with van der Waals surface area (Å²) in [6.45, 7) is 3.85. The Morgan fingerprint density at radius 3 is 2.44 bits per heavy atom. The minimum absolute atomic E-state index is 0.0799. The Morgan fingerprint density at radius 1 is 1.28 bits per heavy atom. The fourth-order valence-electron chi connectivity index (χ4n) is 1.21. The zero-order valence-corrected chi connectivity index (χ0v) is 10.0. The highest BCUT2D eigenvalue weighted by molar-refractivity contribution is 5.82. The van der Waals surface area contributed by atoms with E-state index in [4.69, 9.17) is 10.2 Å². The Balaban J connectivity index is 4.02. The maximum atomic E-state index is 11.3. The number of carboxylic acid groups (broad SMARTS) is 2. The Bertz CT molecular complexity index is 317. The number of nitrogens with one attached hydrogen (secondary N) is 2. The summed E-state index contributed by atoms with van der Waals surface area (Å²) >= 11 is 0. The predicted molar refractivity (Wildman–Crippen MR) is 64.3 cm³/mol. The summed E-state index contributed by atoms with van der Waals surface area (Å²) < 4.78 is 0. The van der Waals surface area contributed by atoms with Gasteiger partial charge in [-0.1, -0.05) is 6.08 Å². The lowest BCUT2D eigenvalue weighted by atomic mass is 10.1. The highest BCUT2D eigenvalue weighted by atomic mass is 16.4. The Morgan fingerprint density at radius 2 is 1.94 bits per heavy atom. The molecule has 0 spiro atoms. The zero-order chi connectivity index (χ0) is 14.0.